The maximum Gasteiger partial charge on any atom is 0.255 e. The van der Waals surface area contributed by atoms with Gasteiger partial charge in [-0.3, -0.25) is 9.59 Å². The number of hydrogen-bond acceptors (Lipinski definition) is 5. The number of carbonyl (C=O) groups excluding carboxylic acids is 2. The van der Waals surface area contributed by atoms with E-state index in [1.54, 1.807) is 0 Å². The molecular formula is C22H21FN4O3. The first-order valence-corrected chi connectivity index (χ1v) is 9.18. The highest BCUT2D eigenvalue weighted by molar-refractivity contribution is 6.06. The van der Waals surface area contributed by atoms with E-state index in [0.717, 1.165) is 17.3 Å². The number of aliphatic hydroxyl groups excluding tert-OH is 1. The van der Waals surface area contributed by atoms with Crippen LogP contribution in [0.15, 0.2) is 54.7 Å². The van der Waals surface area contributed by atoms with Crippen LogP contribution in [0, 0.1) is 12.7 Å². The Balaban J connectivity index is 1.95. The van der Waals surface area contributed by atoms with E-state index in [1.165, 1.54) is 31.4 Å². The monoisotopic (exact) mass is 408 g/mol. The SMILES string of the molecule is CNC(=O)c1cnc(Nc2ccccc2C)c(NC(=O)c2ccc(CO)c(F)c2)c1. The Morgan fingerprint density at radius 3 is 2.47 bits per heavy atom. The number of aryl methyl sites for hydroxylation is 1. The fourth-order valence-corrected chi connectivity index (χ4v) is 2.78. The van der Waals surface area contributed by atoms with Gasteiger partial charge in [-0.1, -0.05) is 24.3 Å². The van der Waals surface area contributed by atoms with E-state index in [9.17, 15) is 14.0 Å². The minimum Gasteiger partial charge on any atom is -0.392 e. The van der Waals surface area contributed by atoms with Crippen molar-refractivity contribution in [2.75, 3.05) is 17.7 Å². The molecule has 0 radical (unpaired) electrons. The Labute approximate surface area is 173 Å². The van der Waals surface area contributed by atoms with Gasteiger partial charge in [0.1, 0.15) is 5.82 Å². The van der Waals surface area contributed by atoms with Gasteiger partial charge in [0, 0.05) is 30.1 Å². The van der Waals surface area contributed by atoms with E-state index in [4.69, 9.17) is 5.11 Å². The van der Waals surface area contributed by atoms with Crippen LogP contribution in [0.4, 0.5) is 21.6 Å². The van der Waals surface area contributed by atoms with Gasteiger partial charge in [-0.2, -0.15) is 0 Å². The van der Waals surface area contributed by atoms with Crippen LogP contribution in [0.3, 0.4) is 0 Å². The number of para-hydroxylation sites is 1. The molecule has 0 aliphatic heterocycles. The second-order valence-electron chi connectivity index (χ2n) is 6.56. The third-order valence-electron chi connectivity index (χ3n) is 4.51. The van der Waals surface area contributed by atoms with Crippen molar-refractivity contribution in [2.45, 2.75) is 13.5 Å². The zero-order chi connectivity index (χ0) is 21.7. The maximum absolute atomic E-state index is 14.0. The molecule has 0 saturated carbocycles. The van der Waals surface area contributed by atoms with Gasteiger partial charge in [0.25, 0.3) is 11.8 Å². The molecule has 0 unspecified atom stereocenters. The Kier molecular flexibility index (Phi) is 6.38. The van der Waals surface area contributed by atoms with Crippen LogP contribution in [0.2, 0.25) is 0 Å². The van der Waals surface area contributed by atoms with Gasteiger partial charge in [-0.15, -0.1) is 0 Å². The Bertz CT molecular complexity index is 1100. The van der Waals surface area contributed by atoms with Gasteiger partial charge in [-0.25, -0.2) is 9.37 Å². The summed E-state index contributed by atoms with van der Waals surface area (Å²) < 4.78 is 14.0. The minimum absolute atomic E-state index is 0.0666. The molecule has 3 rings (SSSR count). The number of benzene rings is 2. The average Bonchev–Trinajstić information content (AvgIpc) is 2.75. The molecule has 2 amide bonds. The molecule has 30 heavy (non-hydrogen) atoms. The predicted octanol–water partition coefficient (Wildman–Crippen LogP) is 3.38. The largest absolute Gasteiger partial charge is 0.392 e. The topological polar surface area (TPSA) is 103 Å². The molecule has 0 saturated heterocycles. The fraction of sp³-hybridized carbons (Fsp3) is 0.136. The van der Waals surface area contributed by atoms with Crippen LogP contribution >= 0.6 is 0 Å². The molecule has 1 aromatic heterocycles. The van der Waals surface area contributed by atoms with Crippen molar-refractivity contribution in [1.82, 2.24) is 10.3 Å². The third kappa shape index (κ3) is 4.61. The van der Waals surface area contributed by atoms with Crippen molar-refractivity contribution in [3.63, 3.8) is 0 Å². The molecule has 1 heterocycles. The van der Waals surface area contributed by atoms with Crippen LogP contribution in [-0.2, 0) is 6.61 Å². The van der Waals surface area contributed by atoms with E-state index in [0.29, 0.717) is 5.82 Å². The van der Waals surface area contributed by atoms with Crippen LogP contribution in [0.5, 0.6) is 0 Å². The molecule has 0 atom stereocenters. The minimum atomic E-state index is -0.680. The van der Waals surface area contributed by atoms with Crippen LogP contribution in [0.25, 0.3) is 0 Å². The molecule has 154 valence electrons. The highest BCUT2D eigenvalue weighted by Gasteiger charge is 2.16. The lowest BCUT2D eigenvalue weighted by Crippen LogP contribution is -2.20. The number of pyridine rings is 1. The van der Waals surface area contributed by atoms with Crippen molar-refractivity contribution >= 4 is 29.0 Å². The quantitative estimate of drug-likeness (QED) is 0.501. The molecule has 4 N–H and O–H groups in total. The van der Waals surface area contributed by atoms with Crippen molar-refractivity contribution in [2.24, 2.45) is 0 Å². The molecule has 0 fully saturated rings. The fourth-order valence-electron chi connectivity index (χ4n) is 2.78. The molecule has 0 spiro atoms. The van der Waals surface area contributed by atoms with E-state index < -0.39 is 18.3 Å². The second kappa shape index (κ2) is 9.15. The van der Waals surface area contributed by atoms with Crippen LogP contribution < -0.4 is 16.0 Å². The lowest BCUT2D eigenvalue weighted by molar-refractivity contribution is 0.0961. The van der Waals surface area contributed by atoms with E-state index >= 15 is 0 Å². The van der Waals surface area contributed by atoms with Crippen molar-refractivity contribution in [3.8, 4) is 0 Å². The number of amides is 2. The molecule has 7 nitrogen and oxygen atoms in total. The second-order valence-corrected chi connectivity index (χ2v) is 6.56. The summed E-state index contributed by atoms with van der Waals surface area (Å²) in [5, 5.41) is 17.4. The first kappa shape index (κ1) is 20.9. The zero-order valence-corrected chi connectivity index (χ0v) is 16.5. The van der Waals surface area contributed by atoms with Crippen LogP contribution in [0.1, 0.15) is 31.8 Å². The molecule has 0 aliphatic rings. The number of hydrogen-bond donors (Lipinski definition) is 4. The summed E-state index contributed by atoms with van der Waals surface area (Å²) in [4.78, 5) is 29.0. The van der Waals surface area contributed by atoms with Crippen molar-refractivity contribution in [1.29, 1.82) is 0 Å². The van der Waals surface area contributed by atoms with Gasteiger partial charge in [0.15, 0.2) is 5.82 Å². The predicted molar refractivity (Wildman–Crippen MR) is 112 cm³/mol. The molecule has 2 aromatic carbocycles. The molecule has 0 bridgehead atoms. The van der Waals surface area contributed by atoms with Gasteiger partial charge < -0.3 is 21.1 Å². The van der Waals surface area contributed by atoms with Gasteiger partial charge in [0.2, 0.25) is 0 Å². The summed E-state index contributed by atoms with van der Waals surface area (Å²) in [6.45, 7) is 1.46. The number of carbonyl (C=O) groups is 2. The van der Waals surface area contributed by atoms with Gasteiger partial charge in [0.05, 0.1) is 17.9 Å². The third-order valence-corrected chi connectivity index (χ3v) is 4.51. The zero-order valence-electron chi connectivity index (χ0n) is 16.5. The van der Waals surface area contributed by atoms with Crippen molar-refractivity contribution < 1.29 is 19.1 Å². The summed E-state index contributed by atoms with van der Waals surface area (Å²) in [6, 6.07) is 12.8. The molecule has 0 aliphatic carbocycles. The molecular weight excluding hydrogens is 387 g/mol. The number of anilines is 3. The van der Waals surface area contributed by atoms with Gasteiger partial charge in [-0.05, 0) is 36.8 Å². The van der Waals surface area contributed by atoms with Crippen molar-refractivity contribution in [3.05, 3.63) is 82.8 Å². The summed E-state index contributed by atoms with van der Waals surface area (Å²) in [6.07, 6.45) is 1.39. The number of nitrogens with zero attached hydrogens (tertiary/aromatic N) is 1. The molecule has 3 aromatic rings. The number of nitrogens with one attached hydrogen (secondary N) is 3. The highest BCUT2D eigenvalue weighted by Crippen LogP contribution is 2.27. The Hall–Kier alpha value is -3.78. The number of aliphatic hydroxyl groups is 1. The lowest BCUT2D eigenvalue weighted by atomic mass is 10.1. The maximum atomic E-state index is 14.0. The summed E-state index contributed by atoms with van der Waals surface area (Å²) in [5.74, 6) is -1.29. The van der Waals surface area contributed by atoms with E-state index in [1.807, 2.05) is 31.2 Å². The summed E-state index contributed by atoms with van der Waals surface area (Å²) in [5.41, 5.74) is 2.43. The van der Waals surface area contributed by atoms with E-state index in [2.05, 4.69) is 20.9 Å². The van der Waals surface area contributed by atoms with Crippen LogP contribution in [-0.4, -0.2) is 29.0 Å². The first-order chi connectivity index (χ1) is 14.4. The van der Waals surface area contributed by atoms with E-state index in [-0.39, 0.29) is 28.3 Å². The number of halogens is 1. The standard InChI is InChI=1S/C22H21FN4O3/c1-13-5-3-4-6-18(13)26-20-19(10-16(11-25-20)21(29)24-2)27-22(30)14-7-8-15(12-28)17(23)9-14/h3-11,28H,12H2,1-2H3,(H,24,29)(H,25,26)(H,27,30). The lowest BCUT2D eigenvalue weighted by Gasteiger charge is -2.15. The summed E-state index contributed by atoms with van der Waals surface area (Å²) >= 11 is 0. The first-order valence-electron chi connectivity index (χ1n) is 9.18. The molecule has 8 heteroatoms. The number of rotatable bonds is 6. The normalized spacial score (nSPS) is 10.4. The Morgan fingerprint density at radius 1 is 1.03 bits per heavy atom. The Morgan fingerprint density at radius 2 is 1.80 bits per heavy atom. The summed E-state index contributed by atoms with van der Waals surface area (Å²) in [7, 11) is 1.49. The smallest absolute Gasteiger partial charge is 0.255 e. The number of aromatic nitrogens is 1. The van der Waals surface area contributed by atoms with Gasteiger partial charge >= 0.3 is 0 Å². The highest BCUT2D eigenvalue weighted by atomic mass is 19.1. The average molecular weight is 408 g/mol.